The average molecular weight is 280 g/mol. The Bertz CT molecular complexity index is 450. The van der Waals surface area contributed by atoms with E-state index in [1.807, 2.05) is 19.2 Å². The summed E-state index contributed by atoms with van der Waals surface area (Å²) in [6.45, 7) is 5.66. The summed E-state index contributed by atoms with van der Waals surface area (Å²) in [6.07, 6.45) is -0.218. The van der Waals surface area contributed by atoms with E-state index in [1.54, 1.807) is 4.90 Å². The molecule has 5 heteroatoms. The summed E-state index contributed by atoms with van der Waals surface area (Å²) in [5.41, 5.74) is 1.12. The van der Waals surface area contributed by atoms with Gasteiger partial charge in [-0.15, -0.1) is 0 Å². The van der Waals surface area contributed by atoms with Crippen molar-refractivity contribution in [2.24, 2.45) is 0 Å². The fourth-order valence-electron chi connectivity index (χ4n) is 2.38. The summed E-state index contributed by atoms with van der Waals surface area (Å²) in [5, 5.41) is 0. The number of benzene rings is 1. The maximum Gasteiger partial charge on any atom is 0.409 e. The van der Waals surface area contributed by atoms with Crippen molar-refractivity contribution in [1.82, 2.24) is 9.80 Å². The Hall–Kier alpha value is -1.62. The summed E-state index contributed by atoms with van der Waals surface area (Å²) >= 11 is 0. The van der Waals surface area contributed by atoms with E-state index in [4.69, 9.17) is 4.74 Å². The summed E-state index contributed by atoms with van der Waals surface area (Å²) in [7, 11) is 2.03. The van der Waals surface area contributed by atoms with Crippen molar-refractivity contribution < 1.29 is 13.9 Å². The van der Waals surface area contributed by atoms with Crippen LogP contribution in [0.2, 0.25) is 0 Å². The number of halogens is 1. The Balaban J connectivity index is 1.77. The lowest BCUT2D eigenvalue weighted by Gasteiger charge is -2.23. The smallest absolute Gasteiger partial charge is 0.409 e. The van der Waals surface area contributed by atoms with Crippen LogP contribution in [-0.4, -0.2) is 55.7 Å². The Morgan fingerprint density at radius 3 is 2.70 bits per heavy atom. The molecule has 2 rings (SSSR count). The van der Waals surface area contributed by atoms with Gasteiger partial charge in [-0.2, -0.15) is 0 Å². The molecular weight excluding hydrogens is 259 g/mol. The monoisotopic (exact) mass is 280 g/mol. The number of hydrogen-bond donors (Lipinski definition) is 0. The average Bonchev–Trinajstić information content (AvgIpc) is 2.82. The maximum absolute atomic E-state index is 12.9. The van der Waals surface area contributed by atoms with Crippen LogP contribution in [0.3, 0.4) is 0 Å². The maximum atomic E-state index is 12.9. The van der Waals surface area contributed by atoms with Crippen LogP contribution in [0.4, 0.5) is 9.18 Å². The van der Waals surface area contributed by atoms with Crippen molar-refractivity contribution in [3.8, 4) is 0 Å². The van der Waals surface area contributed by atoms with E-state index >= 15 is 0 Å². The zero-order valence-corrected chi connectivity index (χ0v) is 12.0. The number of likely N-dealkylation sites (N-methyl/N-ethyl adjacent to an activating group) is 1. The molecule has 1 aromatic carbocycles. The number of ether oxygens (including phenoxy) is 1. The van der Waals surface area contributed by atoms with Crippen LogP contribution in [0.15, 0.2) is 24.3 Å². The van der Waals surface area contributed by atoms with E-state index in [9.17, 15) is 9.18 Å². The summed E-state index contributed by atoms with van der Waals surface area (Å²) in [5.74, 6) is 0.118. The van der Waals surface area contributed by atoms with Crippen LogP contribution < -0.4 is 0 Å². The third-order valence-corrected chi connectivity index (χ3v) is 3.62. The minimum atomic E-state index is -0.218. The van der Waals surface area contributed by atoms with E-state index in [0.29, 0.717) is 25.6 Å². The van der Waals surface area contributed by atoms with Gasteiger partial charge in [0.1, 0.15) is 12.4 Å². The quantitative estimate of drug-likeness (QED) is 0.801. The first-order valence-electron chi connectivity index (χ1n) is 6.92. The van der Waals surface area contributed by atoms with E-state index in [1.165, 1.54) is 12.1 Å². The van der Waals surface area contributed by atoms with Crippen LogP contribution >= 0.6 is 0 Å². The van der Waals surface area contributed by atoms with Crippen LogP contribution in [0.1, 0.15) is 18.4 Å². The second-order valence-corrected chi connectivity index (χ2v) is 5.32. The Kier molecular flexibility index (Phi) is 4.95. The number of amides is 1. The van der Waals surface area contributed by atoms with Gasteiger partial charge in [0.25, 0.3) is 0 Å². The SMILES string of the molecule is C[C@@H](CN(C)CCN1CCOC1=O)c1ccc(F)cc1. The van der Waals surface area contributed by atoms with Crippen LogP contribution in [0, 0.1) is 5.82 Å². The zero-order valence-electron chi connectivity index (χ0n) is 12.0. The second kappa shape index (κ2) is 6.70. The molecule has 1 amide bonds. The van der Waals surface area contributed by atoms with Gasteiger partial charge < -0.3 is 14.5 Å². The van der Waals surface area contributed by atoms with Crippen molar-refractivity contribution in [2.75, 3.05) is 39.8 Å². The van der Waals surface area contributed by atoms with Crippen molar-refractivity contribution in [1.29, 1.82) is 0 Å². The highest BCUT2D eigenvalue weighted by Crippen LogP contribution is 2.16. The highest BCUT2D eigenvalue weighted by atomic mass is 19.1. The van der Waals surface area contributed by atoms with Gasteiger partial charge in [-0.05, 0) is 30.7 Å². The highest BCUT2D eigenvalue weighted by Gasteiger charge is 2.21. The van der Waals surface area contributed by atoms with Gasteiger partial charge in [0.05, 0.1) is 6.54 Å². The molecule has 0 radical (unpaired) electrons. The number of nitrogens with zero attached hydrogens (tertiary/aromatic N) is 2. The molecule has 1 aromatic rings. The Morgan fingerprint density at radius 2 is 2.10 bits per heavy atom. The number of carbonyl (C=O) groups is 1. The highest BCUT2D eigenvalue weighted by molar-refractivity contribution is 5.69. The molecule has 4 nitrogen and oxygen atoms in total. The molecule has 0 N–H and O–H groups in total. The fraction of sp³-hybridized carbons (Fsp3) is 0.533. The molecule has 110 valence electrons. The van der Waals surface area contributed by atoms with E-state index in [2.05, 4.69) is 11.8 Å². The molecule has 20 heavy (non-hydrogen) atoms. The van der Waals surface area contributed by atoms with Crippen molar-refractivity contribution >= 4 is 6.09 Å². The molecule has 0 unspecified atom stereocenters. The van der Waals surface area contributed by atoms with E-state index in [-0.39, 0.29) is 11.9 Å². The summed E-state index contributed by atoms with van der Waals surface area (Å²) < 4.78 is 17.8. The Labute approximate surface area is 119 Å². The first kappa shape index (κ1) is 14.8. The topological polar surface area (TPSA) is 32.8 Å². The molecule has 1 saturated heterocycles. The van der Waals surface area contributed by atoms with E-state index in [0.717, 1.165) is 18.7 Å². The lowest BCUT2D eigenvalue weighted by Crippen LogP contribution is -2.35. The van der Waals surface area contributed by atoms with Crippen molar-refractivity contribution in [2.45, 2.75) is 12.8 Å². The number of rotatable bonds is 6. The number of carbonyl (C=O) groups excluding carboxylic acids is 1. The van der Waals surface area contributed by atoms with E-state index < -0.39 is 0 Å². The first-order chi connectivity index (χ1) is 9.56. The third-order valence-electron chi connectivity index (χ3n) is 3.62. The predicted molar refractivity (Wildman–Crippen MR) is 75.2 cm³/mol. The van der Waals surface area contributed by atoms with Crippen LogP contribution in [0.5, 0.6) is 0 Å². The molecule has 1 heterocycles. The zero-order chi connectivity index (χ0) is 14.5. The largest absolute Gasteiger partial charge is 0.448 e. The molecular formula is C15H21FN2O2. The summed E-state index contributed by atoms with van der Waals surface area (Å²) in [4.78, 5) is 15.2. The number of cyclic esters (lactones) is 1. The normalized spacial score (nSPS) is 16.6. The summed E-state index contributed by atoms with van der Waals surface area (Å²) in [6, 6.07) is 6.63. The second-order valence-electron chi connectivity index (χ2n) is 5.32. The van der Waals surface area contributed by atoms with Gasteiger partial charge in [0.15, 0.2) is 0 Å². The third kappa shape index (κ3) is 3.93. The molecule has 0 aromatic heterocycles. The molecule has 0 spiro atoms. The van der Waals surface area contributed by atoms with Gasteiger partial charge >= 0.3 is 6.09 Å². The first-order valence-corrected chi connectivity index (χ1v) is 6.92. The molecule has 1 aliphatic rings. The van der Waals surface area contributed by atoms with Gasteiger partial charge in [0, 0.05) is 19.6 Å². The standard InChI is InChI=1S/C15H21FN2O2/c1-12(13-3-5-14(16)6-4-13)11-17(2)7-8-18-9-10-20-15(18)19/h3-6,12H,7-11H2,1-2H3/t12-/m0/s1. The minimum absolute atomic E-state index is 0.207. The van der Waals surface area contributed by atoms with Crippen molar-refractivity contribution in [3.05, 3.63) is 35.6 Å². The van der Waals surface area contributed by atoms with Gasteiger partial charge in [-0.25, -0.2) is 9.18 Å². The van der Waals surface area contributed by atoms with Gasteiger partial charge in [-0.3, -0.25) is 0 Å². The van der Waals surface area contributed by atoms with Crippen molar-refractivity contribution in [3.63, 3.8) is 0 Å². The molecule has 0 bridgehead atoms. The molecule has 0 saturated carbocycles. The lowest BCUT2D eigenvalue weighted by molar-refractivity contribution is 0.155. The molecule has 0 aliphatic carbocycles. The lowest BCUT2D eigenvalue weighted by atomic mass is 10.0. The molecule has 1 atom stereocenters. The fourth-order valence-corrected chi connectivity index (χ4v) is 2.38. The molecule has 1 aliphatic heterocycles. The van der Waals surface area contributed by atoms with Gasteiger partial charge in [0.2, 0.25) is 0 Å². The number of hydrogen-bond acceptors (Lipinski definition) is 3. The minimum Gasteiger partial charge on any atom is -0.448 e. The van der Waals surface area contributed by atoms with Crippen LogP contribution in [0.25, 0.3) is 0 Å². The van der Waals surface area contributed by atoms with Gasteiger partial charge in [-0.1, -0.05) is 19.1 Å². The van der Waals surface area contributed by atoms with Crippen LogP contribution in [-0.2, 0) is 4.74 Å². The Morgan fingerprint density at radius 1 is 1.40 bits per heavy atom. The molecule has 1 fully saturated rings. The predicted octanol–water partition coefficient (Wildman–Crippen LogP) is 2.31.